The van der Waals surface area contributed by atoms with Gasteiger partial charge in [0.2, 0.25) is 8.32 Å². The first-order valence-corrected chi connectivity index (χ1v) is 8.30. The van der Waals surface area contributed by atoms with Gasteiger partial charge in [-0.25, -0.2) is 0 Å². The predicted molar refractivity (Wildman–Crippen MR) is 64.5 cm³/mol. The highest BCUT2D eigenvalue weighted by Crippen LogP contribution is 2.13. The summed E-state index contributed by atoms with van der Waals surface area (Å²) in [6, 6.07) is 10.3. The number of hydrogen-bond acceptors (Lipinski definition) is 1. The molecule has 0 aliphatic rings. The molecule has 2 heteroatoms. The Balaban J connectivity index is 2.70. The maximum absolute atomic E-state index is 5.84. The lowest BCUT2D eigenvalue weighted by Crippen LogP contribution is -2.23. The van der Waals surface area contributed by atoms with Crippen molar-refractivity contribution in [3.05, 3.63) is 41.7 Å². The van der Waals surface area contributed by atoms with Gasteiger partial charge in [0, 0.05) is 0 Å². The van der Waals surface area contributed by atoms with Crippen molar-refractivity contribution in [2.24, 2.45) is 0 Å². The molecule has 0 amide bonds. The Morgan fingerprint density at radius 3 is 2.21 bits per heavy atom. The summed E-state index contributed by atoms with van der Waals surface area (Å²) in [5.74, 6) is 1.01. The molecule has 0 atom stereocenters. The van der Waals surface area contributed by atoms with Gasteiger partial charge in [0.05, 0.1) is 5.76 Å². The minimum absolute atomic E-state index is 1.01. The monoisotopic (exact) mass is 206 g/mol. The summed E-state index contributed by atoms with van der Waals surface area (Å²) in [6.45, 7) is 8.59. The lowest BCUT2D eigenvalue weighted by molar-refractivity contribution is 0.429. The third-order valence-corrected chi connectivity index (χ3v) is 2.57. The molecule has 0 fully saturated rings. The standard InChI is InChI=1S/C12H18OSi/c1-11(13-14(2,3)4)10-12-8-6-5-7-9-12/h5-10H,1-4H3/b11-10+. The SMILES string of the molecule is C/C(=C\c1ccccc1)O[Si](C)(C)C. The van der Waals surface area contributed by atoms with Crippen LogP contribution < -0.4 is 0 Å². The van der Waals surface area contributed by atoms with Gasteiger partial charge in [0.25, 0.3) is 0 Å². The predicted octanol–water partition coefficient (Wildman–Crippen LogP) is 3.90. The van der Waals surface area contributed by atoms with Gasteiger partial charge in [-0.3, -0.25) is 0 Å². The molecular weight excluding hydrogens is 188 g/mol. The van der Waals surface area contributed by atoms with E-state index in [1.807, 2.05) is 25.1 Å². The minimum Gasteiger partial charge on any atom is -0.548 e. The summed E-state index contributed by atoms with van der Waals surface area (Å²) in [5.41, 5.74) is 1.20. The fourth-order valence-electron chi connectivity index (χ4n) is 1.30. The third kappa shape index (κ3) is 4.28. The van der Waals surface area contributed by atoms with E-state index in [9.17, 15) is 0 Å². The van der Waals surface area contributed by atoms with E-state index in [1.165, 1.54) is 5.56 Å². The van der Waals surface area contributed by atoms with Crippen LogP contribution in [0.4, 0.5) is 0 Å². The van der Waals surface area contributed by atoms with E-state index >= 15 is 0 Å². The van der Waals surface area contributed by atoms with Gasteiger partial charge in [-0.1, -0.05) is 30.3 Å². The molecule has 0 aliphatic carbocycles. The van der Waals surface area contributed by atoms with Gasteiger partial charge < -0.3 is 4.43 Å². The van der Waals surface area contributed by atoms with Gasteiger partial charge in [0.15, 0.2) is 0 Å². The second-order valence-electron chi connectivity index (χ2n) is 4.38. The van der Waals surface area contributed by atoms with E-state index in [2.05, 4.69) is 37.8 Å². The molecule has 1 aromatic rings. The zero-order valence-electron chi connectivity index (χ0n) is 9.37. The summed E-state index contributed by atoms with van der Waals surface area (Å²) in [5, 5.41) is 0. The maximum atomic E-state index is 5.84. The molecule has 0 bridgehead atoms. The second kappa shape index (κ2) is 4.47. The van der Waals surface area contributed by atoms with E-state index in [0.717, 1.165) is 5.76 Å². The summed E-state index contributed by atoms with van der Waals surface area (Å²) in [4.78, 5) is 0. The lowest BCUT2D eigenvalue weighted by Gasteiger charge is -2.19. The summed E-state index contributed by atoms with van der Waals surface area (Å²) in [7, 11) is -1.44. The zero-order chi connectivity index (χ0) is 10.6. The molecule has 0 saturated carbocycles. The fourth-order valence-corrected chi connectivity index (χ4v) is 2.32. The highest BCUT2D eigenvalue weighted by atomic mass is 28.4. The molecule has 0 saturated heterocycles. The van der Waals surface area contributed by atoms with Gasteiger partial charge in [-0.2, -0.15) is 0 Å². The quantitative estimate of drug-likeness (QED) is 0.538. The Labute approximate surface area is 87.5 Å². The Kier molecular flexibility index (Phi) is 3.53. The fraction of sp³-hybridized carbons (Fsp3) is 0.333. The molecule has 76 valence electrons. The van der Waals surface area contributed by atoms with Gasteiger partial charge in [0.1, 0.15) is 0 Å². The van der Waals surface area contributed by atoms with E-state index in [-0.39, 0.29) is 0 Å². The zero-order valence-corrected chi connectivity index (χ0v) is 10.4. The number of hydrogen-bond donors (Lipinski definition) is 0. The number of rotatable bonds is 3. The number of allylic oxidation sites excluding steroid dienone is 1. The molecule has 0 unspecified atom stereocenters. The van der Waals surface area contributed by atoms with Gasteiger partial charge in [-0.15, -0.1) is 0 Å². The molecule has 0 aliphatic heterocycles. The third-order valence-electron chi connectivity index (χ3n) is 1.64. The summed E-state index contributed by atoms with van der Waals surface area (Å²) < 4.78 is 5.84. The van der Waals surface area contributed by atoms with Crippen molar-refractivity contribution in [2.45, 2.75) is 26.6 Å². The average molecular weight is 206 g/mol. The summed E-state index contributed by atoms with van der Waals surface area (Å²) >= 11 is 0. The second-order valence-corrected chi connectivity index (χ2v) is 8.81. The van der Waals surface area contributed by atoms with Crippen LogP contribution in [0.25, 0.3) is 6.08 Å². The van der Waals surface area contributed by atoms with Crippen molar-refractivity contribution in [2.75, 3.05) is 0 Å². The van der Waals surface area contributed by atoms with Crippen LogP contribution >= 0.6 is 0 Å². The molecule has 14 heavy (non-hydrogen) atoms. The number of benzene rings is 1. The van der Waals surface area contributed by atoms with Crippen LogP contribution in [0.5, 0.6) is 0 Å². The first-order valence-electron chi connectivity index (χ1n) is 4.90. The highest BCUT2D eigenvalue weighted by molar-refractivity contribution is 6.70. The van der Waals surface area contributed by atoms with Crippen LogP contribution in [-0.2, 0) is 4.43 Å². The topological polar surface area (TPSA) is 9.23 Å². The molecule has 0 aromatic heterocycles. The largest absolute Gasteiger partial charge is 0.548 e. The average Bonchev–Trinajstić information content (AvgIpc) is 2.02. The smallest absolute Gasteiger partial charge is 0.241 e. The van der Waals surface area contributed by atoms with E-state index in [4.69, 9.17) is 4.43 Å². The normalized spacial score (nSPS) is 12.7. The molecule has 1 rings (SSSR count). The van der Waals surface area contributed by atoms with Crippen LogP contribution in [-0.4, -0.2) is 8.32 Å². The van der Waals surface area contributed by atoms with Gasteiger partial charge in [-0.05, 0) is 38.2 Å². The Morgan fingerprint density at radius 2 is 1.71 bits per heavy atom. The van der Waals surface area contributed by atoms with Crippen LogP contribution in [0.15, 0.2) is 36.1 Å². The van der Waals surface area contributed by atoms with E-state index in [1.54, 1.807) is 0 Å². The van der Waals surface area contributed by atoms with E-state index < -0.39 is 8.32 Å². The molecule has 0 N–H and O–H groups in total. The van der Waals surface area contributed by atoms with Crippen LogP contribution in [0, 0.1) is 0 Å². The van der Waals surface area contributed by atoms with Crippen molar-refractivity contribution in [1.82, 2.24) is 0 Å². The Bertz CT molecular complexity index is 309. The van der Waals surface area contributed by atoms with Crippen molar-refractivity contribution in [1.29, 1.82) is 0 Å². The highest BCUT2D eigenvalue weighted by Gasteiger charge is 2.15. The molecular formula is C12H18OSi. The Hall–Kier alpha value is -1.02. The van der Waals surface area contributed by atoms with E-state index in [0.29, 0.717) is 0 Å². The van der Waals surface area contributed by atoms with Crippen molar-refractivity contribution in [3.8, 4) is 0 Å². The van der Waals surface area contributed by atoms with Crippen molar-refractivity contribution < 1.29 is 4.43 Å². The van der Waals surface area contributed by atoms with Crippen LogP contribution in [0.1, 0.15) is 12.5 Å². The molecule has 0 heterocycles. The molecule has 0 spiro atoms. The minimum atomic E-state index is -1.44. The van der Waals surface area contributed by atoms with Crippen LogP contribution in [0.3, 0.4) is 0 Å². The summed E-state index contributed by atoms with van der Waals surface area (Å²) in [6.07, 6.45) is 2.08. The first-order chi connectivity index (χ1) is 6.47. The van der Waals surface area contributed by atoms with Crippen molar-refractivity contribution in [3.63, 3.8) is 0 Å². The van der Waals surface area contributed by atoms with Gasteiger partial charge >= 0.3 is 0 Å². The lowest BCUT2D eigenvalue weighted by atomic mass is 10.2. The van der Waals surface area contributed by atoms with Crippen LogP contribution in [0.2, 0.25) is 19.6 Å². The molecule has 1 nitrogen and oxygen atoms in total. The van der Waals surface area contributed by atoms with Crippen molar-refractivity contribution >= 4 is 14.4 Å². The molecule has 0 radical (unpaired) electrons. The Morgan fingerprint density at radius 1 is 1.14 bits per heavy atom. The molecule has 1 aromatic carbocycles. The first kappa shape index (κ1) is 11.1. The maximum Gasteiger partial charge on any atom is 0.241 e.